The third kappa shape index (κ3) is 6.85. The summed E-state index contributed by atoms with van der Waals surface area (Å²) in [4.78, 5) is 20.6. The Hall–Kier alpha value is -3.70. The lowest BCUT2D eigenvalue weighted by atomic mass is 9.84. The average Bonchev–Trinajstić information content (AvgIpc) is 3.72. The van der Waals surface area contributed by atoms with Gasteiger partial charge in [-0.05, 0) is 42.4 Å². The van der Waals surface area contributed by atoms with Crippen LogP contribution in [0.25, 0.3) is 11.3 Å². The van der Waals surface area contributed by atoms with Gasteiger partial charge in [-0.2, -0.15) is 0 Å². The highest BCUT2D eigenvalue weighted by molar-refractivity contribution is 5.94. The van der Waals surface area contributed by atoms with E-state index in [4.69, 9.17) is 4.98 Å². The molecule has 5 nitrogen and oxygen atoms in total. The van der Waals surface area contributed by atoms with Crippen molar-refractivity contribution in [2.45, 2.75) is 58.7 Å². The van der Waals surface area contributed by atoms with E-state index in [1.807, 2.05) is 30.3 Å². The van der Waals surface area contributed by atoms with Crippen molar-refractivity contribution in [2.75, 3.05) is 13.1 Å². The largest absolute Gasteiger partial charge is 0.352 e. The van der Waals surface area contributed by atoms with Crippen molar-refractivity contribution in [1.82, 2.24) is 19.8 Å². The van der Waals surface area contributed by atoms with Crippen LogP contribution in [0.2, 0.25) is 0 Å². The minimum atomic E-state index is -0.0242. The highest BCUT2D eigenvalue weighted by atomic mass is 16.1. The van der Waals surface area contributed by atoms with Crippen LogP contribution >= 0.6 is 0 Å². The fourth-order valence-corrected chi connectivity index (χ4v) is 5.42. The summed E-state index contributed by atoms with van der Waals surface area (Å²) in [7, 11) is 0. The smallest absolute Gasteiger partial charge is 0.251 e. The highest BCUT2D eigenvalue weighted by Gasteiger charge is 2.42. The Balaban J connectivity index is 1.41. The third-order valence-corrected chi connectivity index (χ3v) is 7.40. The fraction of sp³-hybridized carbons (Fsp3) is 0.353. The molecule has 3 aromatic carbocycles. The van der Waals surface area contributed by atoms with Gasteiger partial charge < -0.3 is 9.88 Å². The number of carbonyl (C=O) groups is 1. The van der Waals surface area contributed by atoms with E-state index in [0.717, 1.165) is 36.6 Å². The monoisotopic (exact) mass is 520 g/mol. The van der Waals surface area contributed by atoms with Crippen molar-refractivity contribution in [3.63, 3.8) is 0 Å². The van der Waals surface area contributed by atoms with Gasteiger partial charge in [0, 0.05) is 43.0 Å². The Bertz CT molecular complexity index is 1340. The lowest BCUT2D eigenvalue weighted by molar-refractivity contribution is 0.0787. The first-order chi connectivity index (χ1) is 18.9. The number of rotatable bonds is 11. The standard InChI is InChI=1S/C34H40N4O/c1-34(2,3)31(38(29-20-21-29)23-13-22-35-33(39)28-18-11-6-12-19-28)32-36-30(27-16-9-5-10-17-27)25-37(32)24-26-14-7-4-8-15-26/h4-12,14-19,25,29,31H,13,20-24H2,1-3H3,(H,35,39)/t31-/m0/s1. The highest BCUT2D eigenvalue weighted by Crippen LogP contribution is 2.44. The van der Waals surface area contributed by atoms with Crippen LogP contribution in [0.1, 0.15) is 67.8 Å². The second-order valence-corrected chi connectivity index (χ2v) is 11.7. The molecule has 202 valence electrons. The number of amides is 1. The van der Waals surface area contributed by atoms with Gasteiger partial charge in [-0.1, -0.05) is 99.6 Å². The van der Waals surface area contributed by atoms with Gasteiger partial charge in [0.05, 0.1) is 11.7 Å². The van der Waals surface area contributed by atoms with E-state index in [1.165, 1.54) is 18.4 Å². The minimum Gasteiger partial charge on any atom is -0.352 e. The van der Waals surface area contributed by atoms with E-state index in [9.17, 15) is 4.79 Å². The van der Waals surface area contributed by atoms with E-state index in [0.29, 0.717) is 18.2 Å². The zero-order chi connectivity index (χ0) is 27.2. The summed E-state index contributed by atoms with van der Waals surface area (Å²) in [5.74, 6) is 1.11. The first kappa shape index (κ1) is 26.9. The van der Waals surface area contributed by atoms with Gasteiger partial charge >= 0.3 is 0 Å². The fourth-order valence-electron chi connectivity index (χ4n) is 5.42. The minimum absolute atomic E-state index is 0.00755. The van der Waals surface area contributed by atoms with Gasteiger partial charge in [0.25, 0.3) is 5.91 Å². The quantitative estimate of drug-likeness (QED) is 0.217. The number of benzene rings is 3. The lowest BCUT2D eigenvalue weighted by Crippen LogP contribution is -2.41. The number of imidazole rings is 1. The van der Waals surface area contributed by atoms with Crippen LogP contribution in [0.4, 0.5) is 0 Å². The number of nitrogens with zero attached hydrogens (tertiary/aromatic N) is 3. The maximum absolute atomic E-state index is 12.6. The van der Waals surface area contributed by atoms with Crippen LogP contribution in [0.5, 0.6) is 0 Å². The molecule has 1 N–H and O–H groups in total. The Labute approximate surface area is 232 Å². The second kappa shape index (κ2) is 12.0. The third-order valence-electron chi connectivity index (χ3n) is 7.40. The van der Waals surface area contributed by atoms with Crippen molar-refractivity contribution in [3.05, 3.63) is 114 Å². The molecule has 5 heteroatoms. The summed E-state index contributed by atoms with van der Waals surface area (Å²) in [5, 5.41) is 3.11. The molecule has 1 atom stereocenters. The van der Waals surface area contributed by atoms with Crippen molar-refractivity contribution < 1.29 is 4.79 Å². The van der Waals surface area contributed by atoms with Crippen molar-refractivity contribution >= 4 is 5.91 Å². The molecule has 1 saturated carbocycles. The topological polar surface area (TPSA) is 50.2 Å². The Morgan fingerprint density at radius 1 is 0.949 bits per heavy atom. The molecule has 1 aliphatic carbocycles. The van der Waals surface area contributed by atoms with E-state index in [1.54, 1.807) is 0 Å². The first-order valence-corrected chi connectivity index (χ1v) is 14.2. The summed E-state index contributed by atoms with van der Waals surface area (Å²) in [6.07, 6.45) is 5.55. The molecule has 4 aromatic rings. The van der Waals surface area contributed by atoms with Crippen molar-refractivity contribution in [3.8, 4) is 11.3 Å². The molecule has 0 aliphatic heterocycles. The maximum Gasteiger partial charge on any atom is 0.251 e. The number of hydrogen-bond donors (Lipinski definition) is 1. The summed E-state index contributed by atoms with van der Waals surface area (Å²) < 4.78 is 2.36. The van der Waals surface area contributed by atoms with Gasteiger partial charge in [-0.3, -0.25) is 9.69 Å². The first-order valence-electron chi connectivity index (χ1n) is 14.2. The number of hydrogen-bond acceptors (Lipinski definition) is 3. The summed E-state index contributed by atoms with van der Waals surface area (Å²) in [6.45, 7) is 9.34. The van der Waals surface area contributed by atoms with Crippen molar-refractivity contribution in [2.24, 2.45) is 5.41 Å². The number of nitrogens with one attached hydrogen (secondary N) is 1. The Morgan fingerprint density at radius 3 is 2.18 bits per heavy atom. The molecule has 0 spiro atoms. The van der Waals surface area contributed by atoms with Crippen molar-refractivity contribution in [1.29, 1.82) is 0 Å². The molecule has 0 bridgehead atoms. The molecule has 1 heterocycles. The summed E-state index contributed by atoms with van der Waals surface area (Å²) in [6, 6.07) is 31.3. The predicted molar refractivity (Wildman–Crippen MR) is 159 cm³/mol. The average molecular weight is 521 g/mol. The molecule has 1 fully saturated rings. The molecular formula is C34H40N4O. The van der Waals surface area contributed by atoms with Gasteiger partial charge in [0.1, 0.15) is 5.82 Å². The molecule has 1 aromatic heterocycles. The molecular weight excluding hydrogens is 480 g/mol. The van der Waals surface area contributed by atoms with Gasteiger partial charge in [-0.15, -0.1) is 0 Å². The van der Waals surface area contributed by atoms with Crippen LogP contribution in [0.15, 0.2) is 97.2 Å². The summed E-state index contributed by atoms with van der Waals surface area (Å²) >= 11 is 0. The molecule has 0 saturated heterocycles. The van der Waals surface area contributed by atoms with E-state index in [2.05, 4.69) is 102 Å². The second-order valence-electron chi connectivity index (χ2n) is 11.7. The summed E-state index contributed by atoms with van der Waals surface area (Å²) in [5.41, 5.74) is 4.11. The SMILES string of the molecule is CC(C)(C)[C@H](c1nc(-c2ccccc2)cn1Cc1ccccc1)N(CCCNC(=O)c1ccccc1)C1CC1. The van der Waals surface area contributed by atoms with E-state index in [-0.39, 0.29) is 17.4 Å². The van der Waals surface area contributed by atoms with Crippen LogP contribution < -0.4 is 5.32 Å². The normalized spacial score (nSPS) is 14.4. The molecule has 0 radical (unpaired) electrons. The van der Waals surface area contributed by atoms with Crippen LogP contribution in [0.3, 0.4) is 0 Å². The van der Waals surface area contributed by atoms with Crippen LogP contribution in [-0.2, 0) is 6.54 Å². The maximum atomic E-state index is 12.6. The van der Waals surface area contributed by atoms with Gasteiger partial charge in [-0.25, -0.2) is 4.98 Å². The molecule has 1 aliphatic rings. The zero-order valence-corrected chi connectivity index (χ0v) is 23.4. The Morgan fingerprint density at radius 2 is 1.56 bits per heavy atom. The van der Waals surface area contributed by atoms with Crippen LogP contribution in [-0.4, -0.2) is 39.5 Å². The zero-order valence-electron chi connectivity index (χ0n) is 23.4. The lowest BCUT2D eigenvalue weighted by Gasteiger charge is -2.40. The molecule has 0 unspecified atom stereocenters. The predicted octanol–water partition coefficient (Wildman–Crippen LogP) is 6.97. The molecule has 39 heavy (non-hydrogen) atoms. The number of aromatic nitrogens is 2. The molecule has 1 amide bonds. The van der Waals surface area contributed by atoms with Gasteiger partial charge in [0.2, 0.25) is 0 Å². The van der Waals surface area contributed by atoms with Crippen LogP contribution in [0, 0.1) is 5.41 Å². The van der Waals surface area contributed by atoms with E-state index >= 15 is 0 Å². The van der Waals surface area contributed by atoms with E-state index < -0.39 is 0 Å². The number of carbonyl (C=O) groups excluding carboxylic acids is 1. The van der Waals surface area contributed by atoms with Gasteiger partial charge in [0.15, 0.2) is 0 Å². The molecule has 5 rings (SSSR count). The Kier molecular flexibility index (Phi) is 8.27.